The predicted molar refractivity (Wildman–Crippen MR) is 91.6 cm³/mol. The Hall–Kier alpha value is -1.61. The molecule has 0 bridgehead atoms. The number of rotatable bonds is 3. The number of benzene rings is 1. The summed E-state index contributed by atoms with van der Waals surface area (Å²) in [6, 6.07) is 5.42. The lowest BCUT2D eigenvalue weighted by Crippen LogP contribution is -1.99. The molecule has 4 aromatic rings. The molecule has 0 aliphatic heterocycles. The number of hydrogen-bond donors (Lipinski definition) is 0. The zero-order chi connectivity index (χ0) is 16.0. The lowest BCUT2D eigenvalue weighted by molar-refractivity contribution is 0.854. The van der Waals surface area contributed by atoms with Gasteiger partial charge in [-0.2, -0.15) is 9.61 Å². The van der Waals surface area contributed by atoms with Gasteiger partial charge in [-0.25, -0.2) is 0 Å². The first-order chi connectivity index (χ1) is 11.1. The predicted octanol–water partition coefficient (Wildman–Crippen LogP) is 3.91. The first kappa shape index (κ1) is 14.9. The monoisotopic (exact) mass is 382 g/mol. The van der Waals surface area contributed by atoms with Gasteiger partial charge in [0.25, 0.3) is 0 Å². The van der Waals surface area contributed by atoms with E-state index in [4.69, 9.17) is 23.2 Å². The van der Waals surface area contributed by atoms with E-state index in [9.17, 15) is 0 Å². The third kappa shape index (κ3) is 2.61. The van der Waals surface area contributed by atoms with Crippen LogP contribution in [-0.2, 0) is 6.42 Å². The Morgan fingerprint density at radius 3 is 2.61 bits per heavy atom. The van der Waals surface area contributed by atoms with Gasteiger partial charge in [0.05, 0.1) is 5.69 Å². The fourth-order valence-electron chi connectivity index (χ4n) is 2.15. The average molecular weight is 383 g/mol. The van der Waals surface area contributed by atoms with Crippen LogP contribution in [-0.4, -0.2) is 29.4 Å². The zero-order valence-corrected chi connectivity index (χ0v) is 14.8. The van der Waals surface area contributed by atoms with Gasteiger partial charge >= 0.3 is 0 Å². The van der Waals surface area contributed by atoms with E-state index in [1.165, 1.54) is 22.9 Å². The van der Waals surface area contributed by atoms with Gasteiger partial charge < -0.3 is 0 Å². The second kappa shape index (κ2) is 5.79. The molecule has 4 rings (SSSR count). The van der Waals surface area contributed by atoms with Crippen LogP contribution in [0.1, 0.15) is 17.1 Å². The summed E-state index contributed by atoms with van der Waals surface area (Å²) in [7, 11) is 0. The highest BCUT2D eigenvalue weighted by Crippen LogP contribution is 2.31. The summed E-state index contributed by atoms with van der Waals surface area (Å²) in [6.07, 6.45) is 0.461. The number of halogens is 2. The molecule has 0 aliphatic carbocycles. The van der Waals surface area contributed by atoms with Gasteiger partial charge in [-0.3, -0.25) is 0 Å². The minimum Gasteiger partial charge on any atom is -0.186 e. The van der Waals surface area contributed by atoms with Crippen molar-refractivity contribution in [3.8, 4) is 9.88 Å². The standard InChI is InChI=1S/C13H8Cl2N6S2/c1-6-11(23-20-16-6)12-19-21-10(17-18-13(21)22-12)5-7-8(14)3-2-4-9(7)15/h2-4H,5H2,1H3. The van der Waals surface area contributed by atoms with Crippen LogP contribution in [0.15, 0.2) is 18.2 Å². The van der Waals surface area contributed by atoms with Crippen molar-refractivity contribution in [2.24, 2.45) is 0 Å². The maximum absolute atomic E-state index is 6.23. The molecule has 3 heterocycles. The smallest absolute Gasteiger partial charge is 0.186 e. The van der Waals surface area contributed by atoms with Crippen molar-refractivity contribution in [2.75, 3.05) is 0 Å². The lowest BCUT2D eigenvalue weighted by Gasteiger charge is -2.04. The van der Waals surface area contributed by atoms with Crippen LogP contribution >= 0.6 is 46.1 Å². The molecular weight excluding hydrogens is 375 g/mol. The van der Waals surface area contributed by atoms with Crippen LogP contribution in [0.4, 0.5) is 0 Å². The van der Waals surface area contributed by atoms with Gasteiger partial charge in [0.2, 0.25) is 4.96 Å². The maximum atomic E-state index is 6.23. The van der Waals surface area contributed by atoms with Crippen molar-refractivity contribution in [1.82, 2.24) is 29.4 Å². The van der Waals surface area contributed by atoms with Crippen molar-refractivity contribution in [3.63, 3.8) is 0 Å². The van der Waals surface area contributed by atoms with Gasteiger partial charge in [-0.1, -0.05) is 45.1 Å². The van der Waals surface area contributed by atoms with Crippen LogP contribution in [0.25, 0.3) is 14.8 Å². The number of aromatic nitrogens is 6. The van der Waals surface area contributed by atoms with Gasteiger partial charge in [-0.05, 0) is 36.2 Å². The molecule has 3 aromatic heterocycles. The molecule has 0 amide bonds. The Morgan fingerprint density at radius 1 is 1.13 bits per heavy atom. The Balaban J connectivity index is 1.77. The van der Waals surface area contributed by atoms with Crippen LogP contribution in [0.3, 0.4) is 0 Å². The second-order valence-corrected chi connectivity index (χ2v) is 7.31. The molecule has 0 aliphatic rings. The third-order valence-electron chi connectivity index (χ3n) is 3.30. The first-order valence-electron chi connectivity index (χ1n) is 6.57. The third-order valence-corrected chi connectivity index (χ3v) is 5.89. The van der Waals surface area contributed by atoms with Crippen molar-refractivity contribution in [2.45, 2.75) is 13.3 Å². The summed E-state index contributed by atoms with van der Waals surface area (Å²) in [4.78, 5) is 1.66. The van der Waals surface area contributed by atoms with Gasteiger partial charge in [0.1, 0.15) is 4.88 Å². The van der Waals surface area contributed by atoms with Crippen LogP contribution < -0.4 is 0 Å². The summed E-state index contributed by atoms with van der Waals surface area (Å²) in [6.45, 7) is 1.91. The van der Waals surface area contributed by atoms with Crippen molar-refractivity contribution in [3.05, 3.63) is 45.3 Å². The average Bonchev–Trinajstić information content (AvgIpc) is 3.19. The van der Waals surface area contributed by atoms with E-state index < -0.39 is 0 Å². The quantitative estimate of drug-likeness (QED) is 0.537. The van der Waals surface area contributed by atoms with Crippen molar-refractivity contribution >= 4 is 51.0 Å². The van der Waals surface area contributed by atoms with Gasteiger partial charge in [0, 0.05) is 16.5 Å². The first-order valence-corrected chi connectivity index (χ1v) is 8.91. The molecule has 6 nitrogen and oxygen atoms in total. The second-order valence-electron chi connectivity index (χ2n) is 4.78. The Bertz CT molecular complexity index is 985. The molecule has 23 heavy (non-hydrogen) atoms. The molecule has 0 radical (unpaired) electrons. The summed E-state index contributed by atoms with van der Waals surface area (Å²) < 4.78 is 5.67. The minimum atomic E-state index is 0.461. The Morgan fingerprint density at radius 2 is 1.91 bits per heavy atom. The molecule has 0 N–H and O–H groups in total. The van der Waals surface area contributed by atoms with Crippen LogP contribution in [0.5, 0.6) is 0 Å². The minimum absolute atomic E-state index is 0.461. The van der Waals surface area contributed by atoms with E-state index in [2.05, 4.69) is 24.9 Å². The number of aryl methyl sites for hydroxylation is 1. The number of fused-ring (bicyclic) bond motifs is 1. The maximum Gasteiger partial charge on any atom is 0.235 e. The van der Waals surface area contributed by atoms with Gasteiger partial charge in [0.15, 0.2) is 10.8 Å². The number of hydrogen-bond acceptors (Lipinski definition) is 7. The fourth-order valence-corrected chi connectivity index (χ4v) is 4.30. The largest absolute Gasteiger partial charge is 0.235 e. The normalized spacial score (nSPS) is 11.4. The molecule has 10 heteroatoms. The summed E-state index contributed by atoms with van der Waals surface area (Å²) >= 11 is 15.2. The molecule has 0 saturated carbocycles. The highest BCUT2D eigenvalue weighted by molar-refractivity contribution is 7.23. The van der Waals surface area contributed by atoms with Crippen molar-refractivity contribution in [1.29, 1.82) is 0 Å². The highest BCUT2D eigenvalue weighted by atomic mass is 35.5. The van der Waals surface area contributed by atoms with E-state index >= 15 is 0 Å². The molecule has 0 unspecified atom stereocenters. The highest BCUT2D eigenvalue weighted by Gasteiger charge is 2.18. The number of nitrogens with zero attached hydrogens (tertiary/aromatic N) is 6. The molecule has 0 fully saturated rings. The Labute approximate surface area is 148 Å². The molecule has 1 aromatic carbocycles. The topological polar surface area (TPSA) is 68.9 Å². The SMILES string of the molecule is Cc1nnsc1-c1nn2c(Cc3c(Cl)cccc3Cl)nnc2s1. The summed E-state index contributed by atoms with van der Waals surface area (Å²) in [5, 5.41) is 19.0. The van der Waals surface area contributed by atoms with E-state index in [0.29, 0.717) is 27.3 Å². The zero-order valence-electron chi connectivity index (χ0n) is 11.7. The molecular formula is C13H8Cl2N6S2. The van der Waals surface area contributed by atoms with Gasteiger partial charge in [-0.15, -0.1) is 15.3 Å². The van der Waals surface area contributed by atoms with E-state index in [1.807, 2.05) is 13.0 Å². The van der Waals surface area contributed by atoms with E-state index in [1.54, 1.807) is 16.6 Å². The lowest BCUT2D eigenvalue weighted by atomic mass is 10.1. The molecule has 0 spiro atoms. The molecule has 0 saturated heterocycles. The fraction of sp³-hybridized carbons (Fsp3) is 0.154. The summed E-state index contributed by atoms with van der Waals surface area (Å²) in [5.41, 5.74) is 1.67. The van der Waals surface area contributed by atoms with Crippen molar-refractivity contribution < 1.29 is 0 Å². The van der Waals surface area contributed by atoms with Crippen LogP contribution in [0.2, 0.25) is 10.0 Å². The van der Waals surface area contributed by atoms with Crippen LogP contribution in [0, 0.1) is 6.92 Å². The Kier molecular flexibility index (Phi) is 3.76. The molecule has 116 valence electrons. The van der Waals surface area contributed by atoms with E-state index in [-0.39, 0.29) is 0 Å². The molecule has 0 atom stereocenters. The van der Waals surface area contributed by atoms with E-state index in [0.717, 1.165) is 21.1 Å². The summed E-state index contributed by atoms with van der Waals surface area (Å²) in [5.74, 6) is 0.688.